The van der Waals surface area contributed by atoms with Gasteiger partial charge in [-0.2, -0.15) is 0 Å². The van der Waals surface area contributed by atoms with Crippen molar-refractivity contribution in [2.75, 3.05) is 7.11 Å². The fraction of sp³-hybridized carbons (Fsp3) is 0.238. The molecule has 0 saturated heterocycles. The fourth-order valence-electron chi connectivity index (χ4n) is 2.73. The lowest BCUT2D eigenvalue weighted by atomic mass is 10.0. The van der Waals surface area contributed by atoms with Gasteiger partial charge < -0.3 is 19.0 Å². The Hall–Kier alpha value is -2.99. The average Bonchev–Trinajstić information content (AvgIpc) is 2.63. The molecule has 2 aromatic carbocycles. The van der Waals surface area contributed by atoms with Crippen LogP contribution in [0.3, 0.4) is 0 Å². The average molecular weight is 403 g/mol. The number of carboxylic acids is 1. The zero-order chi connectivity index (χ0) is 20.6. The predicted octanol–water partition coefficient (Wildman–Crippen LogP) is 4.67. The van der Waals surface area contributed by atoms with Gasteiger partial charge in [0.15, 0.2) is 16.6 Å². The number of benzene rings is 2. The van der Waals surface area contributed by atoms with Gasteiger partial charge in [-0.05, 0) is 50.6 Å². The minimum atomic E-state index is -1.44. The van der Waals surface area contributed by atoms with Crippen LogP contribution in [0.25, 0.3) is 22.3 Å². The Kier molecular flexibility index (Phi) is 5.08. The Balaban J connectivity index is 2.22. The van der Waals surface area contributed by atoms with Crippen LogP contribution < -0.4 is 14.9 Å². The Morgan fingerprint density at radius 3 is 2.54 bits per heavy atom. The summed E-state index contributed by atoms with van der Waals surface area (Å²) in [4.78, 5) is 23.9. The van der Waals surface area contributed by atoms with E-state index in [0.29, 0.717) is 33.0 Å². The van der Waals surface area contributed by atoms with Crippen molar-refractivity contribution in [1.82, 2.24) is 0 Å². The third-order valence-corrected chi connectivity index (χ3v) is 4.65. The van der Waals surface area contributed by atoms with E-state index in [9.17, 15) is 14.7 Å². The first-order valence-corrected chi connectivity index (χ1v) is 8.85. The number of rotatable bonds is 5. The van der Waals surface area contributed by atoms with Crippen LogP contribution in [0.4, 0.5) is 0 Å². The molecule has 0 spiro atoms. The smallest absolute Gasteiger partial charge is 0.347 e. The molecule has 0 aliphatic carbocycles. The van der Waals surface area contributed by atoms with Crippen molar-refractivity contribution in [2.45, 2.75) is 26.4 Å². The topological polar surface area (TPSA) is 86.0 Å². The molecule has 0 bridgehead atoms. The lowest BCUT2D eigenvalue weighted by Crippen LogP contribution is -2.38. The number of fused-ring (bicyclic) bond motifs is 1. The highest BCUT2D eigenvalue weighted by Crippen LogP contribution is 2.38. The number of methoxy groups -OCH3 is 1. The predicted molar refractivity (Wildman–Crippen MR) is 107 cm³/mol. The van der Waals surface area contributed by atoms with E-state index in [2.05, 4.69) is 0 Å². The number of hydrogen-bond acceptors (Lipinski definition) is 5. The number of aryl methyl sites for hydroxylation is 1. The number of para-hydroxylation sites is 1. The van der Waals surface area contributed by atoms with Gasteiger partial charge in [0.1, 0.15) is 17.3 Å². The van der Waals surface area contributed by atoms with E-state index in [1.54, 1.807) is 37.3 Å². The van der Waals surface area contributed by atoms with E-state index in [1.807, 2.05) is 0 Å². The molecule has 0 atom stereocenters. The second-order valence-corrected chi connectivity index (χ2v) is 7.23. The maximum absolute atomic E-state index is 12.5. The van der Waals surface area contributed by atoms with Crippen LogP contribution in [0.1, 0.15) is 19.4 Å². The SMILES string of the molecule is COc1cc(C)c(OC(C)(C)C(=O)O)cc1-c1cc(=O)c2cccc(Cl)c2o1. The molecule has 146 valence electrons. The molecule has 1 heterocycles. The molecule has 3 aromatic rings. The zero-order valence-electron chi connectivity index (χ0n) is 15.8. The number of hydrogen-bond donors (Lipinski definition) is 1. The molecule has 0 saturated carbocycles. The lowest BCUT2D eigenvalue weighted by molar-refractivity contribution is -0.152. The first-order chi connectivity index (χ1) is 13.1. The summed E-state index contributed by atoms with van der Waals surface area (Å²) in [5.74, 6) is -0.0774. The molecule has 3 rings (SSSR count). The van der Waals surface area contributed by atoms with Crippen molar-refractivity contribution < 1.29 is 23.8 Å². The summed E-state index contributed by atoms with van der Waals surface area (Å²) in [5.41, 5.74) is -0.305. The Morgan fingerprint density at radius 2 is 1.89 bits per heavy atom. The van der Waals surface area contributed by atoms with Gasteiger partial charge in [-0.1, -0.05) is 17.7 Å². The minimum absolute atomic E-state index is 0.237. The molecule has 0 unspecified atom stereocenters. The number of halogens is 1. The van der Waals surface area contributed by atoms with E-state index >= 15 is 0 Å². The van der Waals surface area contributed by atoms with Gasteiger partial charge in [-0.25, -0.2) is 4.79 Å². The second kappa shape index (κ2) is 7.20. The van der Waals surface area contributed by atoms with Gasteiger partial charge >= 0.3 is 5.97 Å². The van der Waals surface area contributed by atoms with Crippen molar-refractivity contribution in [3.63, 3.8) is 0 Å². The van der Waals surface area contributed by atoms with Gasteiger partial charge in [0.05, 0.1) is 23.1 Å². The van der Waals surface area contributed by atoms with Crippen LogP contribution in [-0.2, 0) is 4.79 Å². The lowest BCUT2D eigenvalue weighted by Gasteiger charge is -2.23. The third-order valence-electron chi connectivity index (χ3n) is 4.35. The molecular weight excluding hydrogens is 384 g/mol. The maximum Gasteiger partial charge on any atom is 0.347 e. The van der Waals surface area contributed by atoms with Crippen LogP contribution in [0.5, 0.6) is 11.5 Å². The van der Waals surface area contributed by atoms with Crippen molar-refractivity contribution >= 4 is 28.5 Å². The summed E-state index contributed by atoms with van der Waals surface area (Å²) in [5, 5.41) is 10.0. The standard InChI is InChI=1S/C21H19ClO6/c1-11-8-17(26-4)13(9-16(11)28-21(2,3)20(24)25)18-10-15(23)12-6-5-7-14(22)19(12)27-18/h5-10H,1-4H3,(H,24,25). The van der Waals surface area contributed by atoms with E-state index in [4.69, 9.17) is 25.5 Å². The fourth-order valence-corrected chi connectivity index (χ4v) is 2.94. The van der Waals surface area contributed by atoms with Crippen LogP contribution in [0.15, 0.2) is 45.6 Å². The van der Waals surface area contributed by atoms with Gasteiger partial charge in [-0.15, -0.1) is 0 Å². The van der Waals surface area contributed by atoms with E-state index < -0.39 is 11.6 Å². The third kappa shape index (κ3) is 3.55. The molecule has 1 N–H and O–H groups in total. The molecule has 28 heavy (non-hydrogen) atoms. The number of carboxylic acid groups (broad SMARTS) is 1. The van der Waals surface area contributed by atoms with Crippen molar-refractivity contribution in [1.29, 1.82) is 0 Å². The van der Waals surface area contributed by atoms with Crippen LogP contribution in [0.2, 0.25) is 5.02 Å². The van der Waals surface area contributed by atoms with E-state index in [-0.39, 0.29) is 16.8 Å². The minimum Gasteiger partial charge on any atom is -0.496 e. The summed E-state index contributed by atoms with van der Waals surface area (Å²) in [6.07, 6.45) is 0. The Labute approximate surface area is 166 Å². The molecular formula is C21H19ClO6. The molecule has 0 radical (unpaired) electrons. The highest BCUT2D eigenvalue weighted by atomic mass is 35.5. The number of carbonyl (C=O) groups is 1. The van der Waals surface area contributed by atoms with Crippen molar-refractivity contribution in [3.05, 3.63) is 57.2 Å². The monoisotopic (exact) mass is 402 g/mol. The summed E-state index contributed by atoms with van der Waals surface area (Å²) in [6.45, 7) is 4.68. The van der Waals surface area contributed by atoms with Crippen LogP contribution in [0, 0.1) is 6.92 Å². The quantitative estimate of drug-likeness (QED) is 0.667. The second-order valence-electron chi connectivity index (χ2n) is 6.83. The van der Waals surface area contributed by atoms with Crippen molar-refractivity contribution in [3.8, 4) is 22.8 Å². The molecule has 0 aliphatic rings. The molecule has 1 aromatic heterocycles. The number of aliphatic carboxylic acids is 1. The zero-order valence-corrected chi connectivity index (χ0v) is 16.6. The van der Waals surface area contributed by atoms with Gasteiger partial charge in [0, 0.05) is 6.07 Å². The summed E-state index contributed by atoms with van der Waals surface area (Å²) in [6, 6.07) is 9.57. The Bertz CT molecular complexity index is 1130. The highest BCUT2D eigenvalue weighted by Gasteiger charge is 2.30. The van der Waals surface area contributed by atoms with E-state index in [1.165, 1.54) is 27.0 Å². The normalized spacial score (nSPS) is 11.5. The molecule has 0 aliphatic heterocycles. The van der Waals surface area contributed by atoms with Gasteiger partial charge in [0.25, 0.3) is 0 Å². The molecule has 0 amide bonds. The van der Waals surface area contributed by atoms with Crippen LogP contribution in [-0.4, -0.2) is 23.8 Å². The van der Waals surface area contributed by atoms with Gasteiger partial charge in [0.2, 0.25) is 0 Å². The highest BCUT2D eigenvalue weighted by molar-refractivity contribution is 6.34. The maximum atomic E-state index is 12.5. The number of ether oxygens (including phenoxy) is 2. The summed E-state index contributed by atoms with van der Waals surface area (Å²) >= 11 is 6.19. The van der Waals surface area contributed by atoms with E-state index in [0.717, 1.165) is 0 Å². The molecule has 0 fully saturated rings. The first kappa shape index (κ1) is 19.8. The van der Waals surface area contributed by atoms with Crippen molar-refractivity contribution in [2.24, 2.45) is 0 Å². The molecule has 6 nitrogen and oxygen atoms in total. The summed E-state index contributed by atoms with van der Waals surface area (Å²) in [7, 11) is 1.49. The molecule has 7 heteroatoms. The summed E-state index contributed by atoms with van der Waals surface area (Å²) < 4.78 is 17.0. The Morgan fingerprint density at radius 1 is 1.18 bits per heavy atom. The largest absolute Gasteiger partial charge is 0.496 e. The first-order valence-electron chi connectivity index (χ1n) is 8.48. The van der Waals surface area contributed by atoms with Gasteiger partial charge in [-0.3, -0.25) is 4.79 Å². The van der Waals surface area contributed by atoms with Crippen LogP contribution >= 0.6 is 11.6 Å².